The van der Waals surface area contributed by atoms with E-state index in [1.54, 1.807) is 24.5 Å². The van der Waals surface area contributed by atoms with E-state index in [4.69, 9.17) is 15.9 Å². The number of rotatable bonds is 3. The maximum atomic E-state index is 7.32. The summed E-state index contributed by atoms with van der Waals surface area (Å²) in [5, 5.41) is 7.32. The first-order valence-corrected chi connectivity index (χ1v) is 4.50. The molecule has 0 amide bonds. The normalized spacial score (nSPS) is 9.75. The fourth-order valence-corrected chi connectivity index (χ4v) is 1.10. The minimum absolute atomic E-state index is 0.188. The number of pyridine rings is 1. The maximum Gasteiger partial charge on any atom is 0.249 e. The molecule has 16 heavy (non-hydrogen) atoms. The second-order valence-corrected chi connectivity index (χ2v) is 2.91. The molecule has 0 atom stereocenters. The summed E-state index contributed by atoms with van der Waals surface area (Å²) in [6.45, 7) is 0. The molecule has 3 N–H and O–H groups in total. The van der Waals surface area contributed by atoms with Crippen molar-refractivity contribution < 1.29 is 4.74 Å². The number of nitrogens with one attached hydrogen (secondary N) is 1. The van der Waals surface area contributed by atoms with Crippen LogP contribution in [0, 0.1) is 5.41 Å². The summed E-state index contributed by atoms with van der Waals surface area (Å²) in [7, 11) is 0. The molecule has 0 fully saturated rings. The molecule has 6 heteroatoms. The van der Waals surface area contributed by atoms with E-state index >= 15 is 0 Å². The van der Waals surface area contributed by atoms with Crippen LogP contribution in [0.3, 0.4) is 0 Å². The Morgan fingerprint density at radius 2 is 2.06 bits per heavy atom. The second kappa shape index (κ2) is 4.35. The SMILES string of the molecule is N=C(N)c1nccnc1Oc1cccnc1. The molecular formula is C10H9N5O. The second-order valence-electron chi connectivity index (χ2n) is 2.91. The molecule has 2 rings (SSSR count). The predicted molar refractivity (Wildman–Crippen MR) is 57.4 cm³/mol. The van der Waals surface area contributed by atoms with Crippen molar-refractivity contribution in [3.8, 4) is 11.6 Å². The van der Waals surface area contributed by atoms with Crippen molar-refractivity contribution in [3.63, 3.8) is 0 Å². The van der Waals surface area contributed by atoms with Crippen LogP contribution in [-0.4, -0.2) is 20.8 Å². The molecule has 0 aliphatic heterocycles. The van der Waals surface area contributed by atoms with Gasteiger partial charge in [0, 0.05) is 18.6 Å². The first-order valence-electron chi connectivity index (χ1n) is 4.50. The van der Waals surface area contributed by atoms with Crippen LogP contribution >= 0.6 is 0 Å². The first-order chi connectivity index (χ1) is 7.77. The first kappa shape index (κ1) is 10.0. The van der Waals surface area contributed by atoms with Crippen LogP contribution in [0.1, 0.15) is 5.69 Å². The topological polar surface area (TPSA) is 97.8 Å². The highest BCUT2D eigenvalue weighted by molar-refractivity contribution is 5.95. The van der Waals surface area contributed by atoms with Crippen LogP contribution in [0.15, 0.2) is 36.9 Å². The Balaban J connectivity index is 2.31. The Bertz CT molecular complexity index is 500. The van der Waals surface area contributed by atoms with E-state index < -0.39 is 0 Å². The summed E-state index contributed by atoms with van der Waals surface area (Å²) in [6.07, 6.45) is 6.10. The van der Waals surface area contributed by atoms with Gasteiger partial charge in [-0.25, -0.2) is 9.97 Å². The number of hydrogen-bond acceptors (Lipinski definition) is 5. The monoisotopic (exact) mass is 215 g/mol. The Hall–Kier alpha value is -2.50. The smallest absolute Gasteiger partial charge is 0.249 e. The van der Waals surface area contributed by atoms with Crippen LogP contribution in [0.25, 0.3) is 0 Å². The lowest BCUT2D eigenvalue weighted by Crippen LogP contribution is -2.15. The third-order valence-electron chi connectivity index (χ3n) is 1.77. The van der Waals surface area contributed by atoms with Crippen LogP contribution in [0.2, 0.25) is 0 Å². The van der Waals surface area contributed by atoms with Gasteiger partial charge in [-0.1, -0.05) is 0 Å². The van der Waals surface area contributed by atoms with Gasteiger partial charge in [-0.15, -0.1) is 0 Å². The van der Waals surface area contributed by atoms with Crippen molar-refractivity contribution in [1.82, 2.24) is 15.0 Å². The fourth-order valence-electron chi connectivity index (χ4n) is 1.10. The Labute approximate surface area is 91.7 Å². The Morgan fingerprint density at radius 3 is 2.75 bits per heavy atom. The highest BCUT2D eigenvalue weighted by Crippen LogP contribution is 2.19. The summed E-state index contributed by atoms with van der Waals surface area (Å²) in [6, 6.07) is 3.46. The third kappa shape index (κ3) is 2.11. The van der Waals surface area contributed by atoms with Gasteiger partial charge in [0.1, 0.15) is 11.6 Å². The largest absolute Gasteiger partial charge is 0.435 e. The Morgan fingerprint density at radius 1 is 1.25 bits per heavy atom. The van der Waals surface area contributed by atoms with E-state index in [1.807, 2.05) is 0 Å². The molecule has 2 aromatic rings. The third-order valence-corrected chi connectivity index (χ3v) is 1.77. The van der Waals surface area contributed by atoms with Crippen LogP contribution in [0.5, 0.6) is 11.6 Å². The van der Waals surface area contributed by atoms with Gasteiger partial charge >= 0.3 is 0 Å². The van der Waals surface area contributed by atoms with Crippen LogP contribution < -0.4 is 10.5 Å². The number of nitrogens with two attached hydrogens (primary N) is 1. The zero-order valence-electron chi connectivity index (χ0n) is 8.29. The lowest BCUT2D eigenvalue weighted by atomic mass is 10.4. The van der Waals surface area contributed by atoms with Gasteiger partial charge < -0.3 is 10.5 Å². The molecule has 0 aliphatic rings. The zero-order chi connectivity index (χ0) is 11.4. The van der Waals surface area contributed by atoms with Gasteiger partial charge in [0.25, 0.3) is 0 Å². The number of nitrogens with zero attached hydrogens (tertiary/aromatic N) is 3. The van der Waals surface area contributed by atoms with Crippen molar-refractivity contribution in [2.45, 2.75) is 0 Å². The molecule has 6 nitrogen and oxygen atoms in total. The molecule has 0 aliphatic carbocycles. The summed E-state index contributed by atoms with van der Waals surface area (Å²) in [4.78, 5) is 11.8. The van der Waals surface area contributed by atoms with E-state index in [9.17, 15) is 0 Å². The number of ether oxygens (including phenoxy) is 1. The van der Waals surface area contributed by atoms with Gasteiger partial charge in [0.05, 0.1) is 6.20 Å². The molecule has 80 valence electrons. The summed E-state index contributed by atoms with van der Waals surface area (Å²) < 4.78 is 5.41. The number of nitrogen functional groups attached to an aromatic ring is 1. The molecule has 0 unspecified atom stereocenters. The van der Waals surface area contributed by atoms with E-state index in [-0.39, 0.29) is 17.4 Å². The quantitative estimate of drug-likeness (QED) is 0.586. The zero-order valence-corrected chi connectivity index (χ0v) is 8.29. The highest BCUT2D eigenvalue weighted by Gasteiger charge is 2.09. The average molecular weight is 215 g/mol. The van der Waals surface area contributed by atoms with Crippen molar-refractivity contribution in [2.24, 2.45) is 5.73 Å². The molecule has 0 saturated heterocycles. The molecule has 0 bridgehead atoms. The molecule has 2 aromatic heterocycles. The van der Waals surface area contributed by atoms with E-state index in [0.717, 1.165) is 0 Å². The number of amidine groups is 1. The van der Waals surface area contributed by atoms with E-state index in [1.165, 1.54) is 12.4 Å². The van der Waals surface area contributed by atoms with E-state index in [0.29, 0.717) is 5.75 Å². The number of hydrogen-bond donors (Lipinski definition) is 2. The minimum Gasteiger partial charge on any atom is -0.435 e. The molecular weight excluding hydrogens is 206 g/mol. The lowest BCUT2D eigenvalue weighted by Gasteiger charge is -2.06. The predicted octanol–water partition coefficient (Wildman–Crippen LogP) is 0.948. The molecule has 0 aromatic carbocycles. The highest BCUT2D eigenvalue weighted by atomic mass is 16.5. The van der Waals surface area contributed by atoms with Gasteiger partial charge in [-0.05, 0) is 12.1 Å². The van der Waals surface area contributed by atoms with Crippen molar-refractivity contribution in [1.29, 1.82) is 5.41 Å². The summed E-state index contributed by atoms with van der Waals surface area (Å²) in [5.74, 6) is 0.528. The minimum atomic E-state index is -0.188. The van der Waals surface area contributed by atoms with Crippen molar-refractivity contribution in [3.05, 3.63) is 42.6 Å². The van der Waals surface area contributed by atoms with Crippen LogP contribution in [0.4, 0.5) is 0 Å². The van der Waals surface area contributed by atoms with Gasteiger partial charge in [-0.2, -0.15) is 0 Å². The van der Waals surface area contributed by atoms with Gasteiger partial charge in [0.2, 0.25) is 5.88 Å². The molecule has 0 radical (unpaired) electrons. The summed E-state index contributed by atoms with van der Waals surface area (Å²) in [5.41, 5.74) is 5.57. The lowest BCUT2D eigenvalue weighted by molar-refractivity contribution is 0.456. The van der Waals surface area contributed by atoms with Crippen LogP contribution in [-0.2, 0) is 0 Å². The van der Waals surface area contributed by atoms with Gasteiger partial charge in [0.15, 0.2) is 5.69 Å². The molecule has 0 spiro atoms. The van der Waals surface area contributed by atoms with Crippen molar-refractivity contribution >= 4 is 5.84 Å². The average Bonchev–Trinajstić information content (AvgIpc) is 2.31. The Kier molecular flexibility index (Phi) is 2.73. The van der Waals surface area contributed by atoms with Gasteiger partial charge in [-0.3, -0.25) is 10.4 Å². The van der Waals surface area contributed by atoms with E-state index in [2.05, 4.69) is 15.0 Å². The summed E-state index contributed by atoms with van der Waals surface area (Å²) >= 11 is 0. The number of aromatic nitrogens is 3. The molecule has 2 heterocycles. The standard InChI is InChI=1S/C10H9N5O/c11-9(12)8-10(15-5-4-14-8)16-7-2-1-3-13-6-7/h1-6H,(H3,11,12). The van der Waals surface area contributed by atoms with Crippen molar-refractivity contribution in [2.75, 3.05) is 0 Å². The molecule has 0 saturated carbocycles. The fraction of sp³-hybridized carbons (Fsp3) is 0. The maximum absolute atomic E-state index is 7.32.